The first-order valence-electron chi connectivity index (χ1n) is 10.5. The molecule has 29 heavy (non-hydrogen) atoms. The molecule has 160 valence electrons. The Labute approximate surface area is 190 Å². The fourth-order valence-electron chi connectivity index (χ4n) is 5.96. The Morgan fingerprint density at radius 1 is 1.21 bits per heavy atom. The molecule has 2 aliphatic carbocycles. The molecule has 2 heterocycles. The van der Waals surface area contributed by atoms with Crippen LogP contribution in [0, 0.1) is 11.3 Å². The number of guanidine groups is 1. The molecule has 5 rings (SSSR count). The van der Waals surface area contributed by atoms with Crippen molar-refractivity contribution in [3.05, 3.63) is 23.3 Å². The molecule has 6 nitrogen and oxygen atoms in total. The van der Waals surface area contributed by atoms with E-state index in [1.807, 2.05) is 7.05 Å². The number of nitrogens with zero attached hydrogens (tertiary/aromatic N) is 2. The van der Waals surface area contributed by atoms with Gasteiger partial charge >= 0.3 is 0 Å². The summed E-state index contributed by atoms with van der Waals surface area (Å²) in [4.78, 5) is 7.03. The number of hydrogen-bond acceptors (Lipinski definition) is 4. The van der Waals surface area contributed by atoms with Crippen LogP contribution in [-0.4, -0.2) is 57.4 Å². The molecule has 0 radical (unpaired) electrons. The van der Waals surface area contributed by atoms with Crippen molar-refractivity contribution in [2.45, 2.75) is 50.8 Å². The number of aliphatic imine (C=N–C) groups is 1. The number of methoxy groups -OCH3 is 2. The van der Waals surface area contributed by atoms with Crippen molar-refractivity contribution in [2.75, 3.05) is 34.4 Å². The van der Waals surface area contributed by atoms with Gasteiger partial charge < -0.3 is 24.4 Å². The summed E-state index contributed by atoms with van der Waals surface area (Å²) in [6.45, 7) is 2.73. The zero-order chi connectivity index (χ0) is 19.3. The lowest BCUT2D eigenvalue weighted by atomic mass is 9.46. The highest BCUT2D eigenvalue weighted by Crippen LogP contribution is 2.62. The van der Waals surface area contributed by atoms with Crippen molar-refractivity contribution in [2.24, 2.45) is 16.3 Å². The maximum Gasteiger partial charge on any atom is 0.194 e. The van der Waals surface area contributed by atoms with E-state index in [1.54, 1.807) is 14.2 Å². The normalized spacial score (nSPS) is 29.1. The van der Waals surface area contributed by atoms with E-state index in [-0.39, 0.29) is 24.0 Å². The molecule has 3 unspecified atom stereocenters. The lowest BCUT2D eigenvalue weighted by Gasteiger charge is -2.63. The fourth-order valence-corrected chi connectivity index (χ4v) is 5.96. The summed E-state index contributed by atoms with van der Waals surface area (Å²) in [5.74, 6) is 3.29. The van der Waals surface area contributed by atoms with Crippen molar-refractivity contribution < 1.29 is 14.2 Å². The molecule has 0 aromatic heterocycles. The molecule has 0 amide bonds. The van der Waals surface area contributed by atoms with Crippen LogP contribution in [-0.2, 0) is 17.7 Å². The van der Waals surface area contributed by atoms with Crippen molar-refractivity contribution in [1.29, 1.82) is 0 Å². The maximum absolute atomic E-state index is 6.08. The Hall–Kier alpha value is -1.22. The van der Waals surface area contributed by atoms with E-state index in [4.69, 9.17) is 14.2 Å². The molecule has 2 aliphatic heterocycles. The van der Waals surface area contributed by atoms with Crippen LogP contribution in [0.3, 0.4) is 0 Å². The fraction of sp³-hybridized carbons (Fsp3) is 0.682. The summed E-state index contributed by atoms with van der Waals surface area (Å²) in [5.41, 5.74) is 3.00. The van der Waals surface area contributed by atoms with Crippen molar-refractivity contribution in [3.8, 4) is 11.5 Å². The molecule has 7 heteroatoms. The van der Waals surface area contributed by atoms with Crippen LogP contribution >= 0.6 is 24.0 Å². The van der Waals surface area contributed by atoms with Crippen LogP contribution in [0.4, 0.5) is 0 Å². The van der Waals surface area contributed by atoms with Crippen LogP contribution in [0.5, 0.6) is 11.5 Å². The number of hydrogen-bond donors (Lipinski definition) is 1. The van der Waals surface area contributed by atoms with Crippen LogP contribution < -0.4 is 14.8 Å². The SMILES string of the molecule is CN=C(NC1C2CCOC2C12CCC2)N1CCc2cc(OC)c(OC)cc2C1.I. The molecule has 1 spiro atoms. The van der Waals surface area contributed by atoms with Gasteiger partial charge in [0.05, 0.1) is 20.3 Å². The second-order valence-electron chi connectivity index (χ2n) is 8.65. The summed E-state index contributed by atoms with van der Waals surface area (Å²) in [6, 6.07) is 4.75. The van der Waals surface area contributed by atoms with E-state index in [9.17, 15) is 0 Å². The molecule has 2 saturated carbocycles. The topological polar surface area (TPSA) is 55.3 Å². The summed E-state index contributed by atoms with van der Waals surface area (Å²) in [6.07, 6.45) is 6.58. The Morgan fingerprint density at radius 2 is 1.93 bits per heavy atom. The molecule has 1 aromatic rings. The van der Waals surface area contributed by atoms with Crippen LogP contribution in [0.15, 0.2) is 17.1 Å². The van der Waals surface area contributed by atoms with E-state index in [2.05, 4.69) is 27.3 Å². The number of rotatable bonds is 3. The molecule has 0 bridgehead atoms. The number of halogens is 1. The quantitative estimate of drug-likeness (QED) is 0.382. The maximum atomic E-state index is 6.08. The zero-order valence-electron chi connectivity index (χ0n) is 17.6. The Kier molecular flexibility index (Phi) is 5.90. The van der Waals surface area contributed by atoms with E-state index in [1.165, 1.54) is 36.8 Å². The Morgan fingerprint density at radius 3 is 2.55 bits per heavy atom. The van der Waals surface area contributed by atoms with Crippen molar-refractivity contribution in [3.63, 3.8) is 0 Å². The Balaban J connectivity index is 0.00000205. The van der Waals surface area contributed by atoms with Gasteiger partial charge in [-0.1, -0.05) is 6.42 Å². The largest absolute Gasteiger partial charge is 0.493 e. The minimum Gasteiger partial charge on any atom is -0.493 e. The summed E-state index contributed by atoms with van der Waals surface area (Å²) in [5, 5.41) is 3.86. The van der Waals surface area contributed by atoms with Gasteiger partial charge in [-0.2, -0.15) is 0 Å². The van der Waals surface area contributed by atoms with Gasteiger partial charge in [-0.3, -0.25) is 4.99 Å². The molecule has 1 N–H and O–H groups in total. The number of fused-ring (bicyclic) bond motifs is 3. The summed E-state index contributed by atoms with van der Waals surface area (Å²) in [7, 11) is 5.29. The number of ether oxygens (including phenoxy) is 3. The van der Waals surface area contributed by atoms with E-state index < -0.39 is 0 Å². The highest BCUT2D eigenvalue weighted by Gasteiger charge is 2.66. The third kappa shape index (κ3) is 3.19. The second kappa shape index (κ2) is 8.13. The molecular weight excluding hydrogens is 481 g/mol. The molecule has 3 fully saturated rings. The molecule has 1 saturated heterocycles. The van der Waals surface area contributed by atoms with Crippen molar-refractivity contribution >= 4 is 29.9 Å². The molecular formula is C22H32IN3O3. The number of nitrogens with one attached hydrogen (secondary N) is 1. The van der Waals surface area contributed by atoms with Gasteiger partial charge in [-0.15, -0.1) is 24.0 Å². The smallest absolute Gasteiger partial charge is 0.194 e. The van der Waals surface area contributed by atoms with Crippen molar-refractivity contribution in [1.82, 2.24) is 10.2 Å². The minimum absolute atomic E-state index is 0. The van der Waals surface area contributed by atoms with E-state index in [0.717, 1.165) is 43.6 Å². The van der Waals surface area contributed by atoms with Gasteiger partial charge in [0.25, 0.3) is 0 Å². The van der Waals surface area contributed by atoms with Gasteiger partial charge in [0, 0.05) is 44.1 Å². The first-order valence-corrected chi connectivity index (χ1v) is 10.5. The average Bonchev–Trinajstić information content (AvgIpc) is 3.11. The third-order valence-electron chi connectivity index (χ3n) is 7.55. The van der Waals surface area contributed by atoms with E-state index in [0.29, 0.717) is 23.5 Å². The summed E-state index contributed by atoms with van der Waals surface area (Å²) < 4.78 is 17.1. The first-order chi connectivity index (χ1) is 13.7. The monoisotopic (exact) mass is 513 g/mol. The minimum atomic E-state index is 0. The van der Waals surface area contributed by atoms with Crippen LogP contribution in [0.2, 0.25) is 0 Å². The van der Waals surface area contributed by atoms with Gasteiger partial charge in [-0.05, 0) is 48.9 Å². The molecule has 3 atom stereocenters. The number of benzene rings is 1. The van der Waals surface area contributed by atoms with Gasteiger partial charge in [-0.25, -0.2) is 0 Å². The lowest BCUT2D eigenvalue weighted by molar-refractivity contribution is -0.171. The Bertz CT molecular complexity index is 796. The highest BCUT2D eigenvalue weighted by atomic mass is 127. The summed E-state index contributed by atoms with van der Waals surface area (Å²) >= 11 is 0. The standard InChI is InChI=1S/C22H31N3O3.HI/c1-23-21(24-19-16-6-10-28-20(16)22(19)7-4-8-22)25-9-5-14-11-17(26-2)18(27-3)12-15(14)13-25;/h11-12,16,19-20H,4-10,13H2,1-3H3,(H,23,24);1H. The predicted molar refractivity (Wildman–Crippen MR) is 123 cm³/mol. The average molecular weight is 513 g/mol. The highest BCUT2D eigenvalue weighted by molar-refractivity contribution is 14.0. The predicted octanol–water partition coefficient (Wildman–Crippen LogP) is 3.21. The molecule has 4 aliphatic rings. The van der Waals surface area contributed by atoms with Crippen LogP contribution in [0.25, 0.3) is 0 Å². The van der Waals surface area contributed by atoms with Gasteiger partial charge in [0.2, 0.25) is 0 Å². The second-order valence-corrected chi connectivity index (χ2v) is 8.65. The zero-order valence-corrected chi connectivity index (χ0v) is 19.9. The van der Waals surface area contributed by atoms with E-state index >= 15 is 0 Å². The van der Waals surface area contributed by atoms with Gasteiger partial charge in [0.1, 0.15) is 0 Å². The van der Waals surface area contributed by atoms with Crippen LogP contribution in [0.1, 0.15) is 36.8 Å². The lowest BCUT2D eigenvalue weighted by Crippen LogP contribution is -2.72. The third-order valence-corrected chi connectivity index (χ3v) is 7.55. The first kappa shape index (κ1) is 21.0. The molecule has 1 aromatic carbocycles. The van der Waals surface area contributed by atoms with Gasteiger partial charge in [0.15, 0.2) is 17.5 Å².